The SMILES string of the molecule is CNCC[C@H](COc1cccc2ccccc12)c1cccs1. The Kier molecular flexibility index (Phi) is 5.09. The van der Waals surface area contributed by atoms with Crippen LogP contribution in [0, 0.1) is 0 Å². The lowest BCUT2D eigenvalue weighted by Crippen LogP contribution is -2.16. The van der Waals surface area contributed by atoms with Crippen molar-refractivity contribution in [1.29, 1.82) is 0 Å². The van der Waals surface area contributed by atoms with Gasteiger partial charge in [-0.05, 0) is 42.9 Å². The average Bonchev–Trinajstić information content (AvgIpc) is 3.09. The van der Waals surface area contributed by atoms with Gasteiger partial charge in [0.15, 0.2) is 0 Å². The Labute approximate surface area is 135 Å². The van der Waals surface area contributed by atoms with Gasteiger partial charge in [0.25, 0.3) is 0 Å². The third kappa shape index (κ3) is 3.49. The van der Waals surface area contributed by atoms with E-state index in [9.17, 15) is 0 Å². The van der Waals surface area contributed by atoms with E-state index < -0.39 is 0 Å². The zero-order chi connectivity index (χ0) is 15.2. The van der Waals surface area contributed by atoms with Gasteiger partial charge >= 0.3 is 0 Å². The summed E-state index contributed by atoms with van der Waals surface area (Å²) in [6.07, 6.45) is 1.09. The topological polar surface area (TPSA) is 21.3 Å². The first-order valence-electron chi connectivity index (χ1n) is 7.67. The normalized spacial score (nSPS) is 12.4. The van der Waals surface area contributed by atoms with E-state index in [1.165, 1.54) is 15.6 Å². The molecule has 1 atom stereocenters. The number of hydrogen-bond donors (Lipinski definition) is 1. The fraction of sp³-hybridized carbons (Fsp3) is 0.263. The smallest absolute Gasteiger partial charge is 0.127 e. The fourth-order valence-corrected chi connectivity index (χ4v) is 3.51. The number of ether oxygens (including phenoxy) is 1. The van der Waals surface area contributed by atoms with Crippen LogP contribution < -0.4 is 10.1 Å². The Hall–Kier alpha value is -1.84. The number of hydrogen-bond acceptors (Lipinski definition) is 3. The highest BCUT2D eigenvalue weighted by Crippen LogP contribution is 2.29. The Morgan fingerprint density at radius 3 is 2.73 bits per heavy atom. The van der Waals surface area contributed by atoms with Gasteiger partial charge in [0.1, 0.15) is 5.75 Å². The average molecular weight is 311 g/mol. The second-order valence-corrected chi connectivity index (χ2v) is 6.37. The van der Waals surface area contributed by atoms with E-state index in [0.29, 0.717) is 5.92 Å². The van der Waals surface area contributed by atoms with E-state index >= 15 is 0 Å². The lowest BCUT2D eigenvalue weighted by molar-refractivity contribution is 0.286. The summed E-state index contributed by atoms with van der Waals surface area (Å²) < 4.78 is 6.18. The molecule has 0 fully saturated rings. The maximum absolute atomic E-state index is 6.18. The highest BCUT2D eigenvalue weighted by molar-refractivity contribution is 7.10. The summed E-state index contributed by atoms with van der Waals surface area (Å²) in [6, 6.07) is 18.9. The summed E-state index contributed by atoms with van der Waals surface area (Å²) in [5, 5.41) is 7.78. The Balaban J connectivity index is 1.76. The minimum Gasteiger partial charge on any atom is -0.492 e. The van der Waals surface area contributed by atoms with Gasteiger partial charge in [-0.15, -0.1) is 11.3 Å². The molecule has 0 saturated carbocycles. The molecule has 2 nitrogen and oxygen atoms in total. The molecule has 0 spiro atoms. The van der Waals surface area contributed by atoms with E-state index in [1.54, 1.807) is 0 Å². The standard InChI is InChI=1S/C19H21NOS/c1-20-12-11-16(19-10-5-13-22-19)14-21-18-9-4-7-15-6-2-3-8-17(15)18/h2-10,13,16,20H,11-12,14H2,1H3/t16-/m1/s1. The van der Waals surface area contributed by atoms with Crippen LogP contribution in [0.2, 0.25) is 0 Å². The largest absolute Gasteiger partial charge is 0.492 e. The summed E-state index contributed by atoms with van der Waals surface area (Å²) in [5.41, 5.74) is 0. The minimum atomic E-state index is 0.436. The molecule has 0 unspecified atom stereocenters. The number of thiophene rings is 1. The Morgan fingerprint density at radius 2 is 1.91 bits per heavy atom. The number of fused-ring (bicyclic) bond motifs is 1. The molecule has 0 saturated heterocycles. The summed E-state index contributed by atoms with van der Waals surface area (Å²) in [7, 11) is 2.00. The number of nitrogens with one attached hydrogen (secondary N) is 1. The molecule has 0 aliphatic rings. The summed E-state index contributed by atoms with van der Waals surface area (Å²) >= 11 is 1.81. The zero-order valence-corrected chi connectivity index (χ0v) is 13.6. The van der Waals surface area contributed by atoms with Crippen LogP contribution in [0.5, 0.6) is 5.75 Å². The fourth-order valence-electron chi connectivity index (χ4n) is 2.66. The molecule has 0 radical (unpaired) electrons. The second-order valence-electron chi connectivity index (χ2n) is 5.39. The molecule has 114 valence electrons. The van der Waals surface area contributed by atoms with Crippen molar-refractivity contribution in [3.05, 3.63) is 64.9 Å². The van der Waals surface area contributed by atoms with Gasteiger partial charge in [-0.25, -0.2) is 0 Å². The monoisotopic (exact) mass is 311 g/mol. The Bertz CT molecular complexity index is 703. The zero-order valence-electron chi connectivity index (χ0n) is 12.8. The van der Waals surface area contributed by atoms with E-state index in [0.717, 1.165) is 25.3 Å². The molecule has 0 bridgehead atoms. The predicted octanol–water partition coefficient (Wildman–Crippen LogP) is 4.67. The quantitative estimate of drug-likeness (QED) is 0.684. The molecule has 3 aromatic rings. The first kappa shape index (κ1) is 15.1. The van der Waals surface area contributed by atoms with Gasteiger partial charge in [-0.3, -0.25) is 0 Å². The molecular weight excluding hydrogens is 290 g/mol. The molecule has 1 aromatic heterocycles. The van der Waals surface area contributed by atoms with Gasteiger partial charge in [-0.1, -0.05) is 42.5 Å². The highest BCUT2D eigenvalue weighted by Gasteiger charge is 2.14. The van der Waals surface area contributed by atoms with Gasteiger partial charge in [-0.2, -0.15) is 0 Å². The lowest BCUT2D eigenvalue weighted by Gasteiger charge is -2.17. The van der Waals surface area contributed by atoms with Gasteiger partial charge in [0, 0.05) is 16.2 Å². The molecule has 0 aliphatic heterocycles. The molecule has 1 N–H and O–H groups in total. The minimum absolute atomic E-state index is 0.436. The Morgan fingerprint density at radius 1 is 1.05 bits per heavy atom. The number of rotatable bonds is 7. The summed E-state index contributed by atoms with van der Waals surface area (Å²) in [5.74, 6) is 1.41. The van der Waals surface area contributed by atoms with Crippen molar-refractivity contribution < 1.29 is 4.74 Å². The van der Waals surface area contributed by atoms with Crippen molar-refractivity contribution in [3.63, 3.8) is 0 Å². The highest BCUT2D eigenvalue weighted by atomic mass is 32.1. The van der Waals surface area contributed by atoms with Crippen LogP contribution in [0.1, 0.15) is 17.2 Å². The van der Waals surface area contributed by atoms with E-state index in [4.69, 9.17) is 4.74 Å². The maximum Gasteiger partial charge on any atom is 0.127 e. The maximum atomic E-state index is 6.18. The van der Waals surface area contributed by atoms with Crippen molar-refractivity contribution in [3.8, 4) is 5.75 Å². The first-order valence-corrected chi connectivity index (χ1v) is 8.55. The van der Waals surface area contributed by atoms with Gasteiger partial charge in [0.2, 0.25) is 0 Å². The van der Waals surface area contributed by atoms with Crippen molar-refractivity contribution in [2.75, 3.05) is 20.2 Å². The molecule has 3 rings (SSSR count). The van der Waals surface area contributed by atoms with Crippen molar-refractivity contribution in [2.45, 2.75) is 12.3 Å². The van der Waals surface area contributed by atoms with E-state index in [-0.39, 0.29) is 0 Å². The van der Waals surface area contributed by atoms with E-state index in [1.807, 2.05) is 18.4 Å². The molecular formula is C19H21NOS. The summed E-state index contributed by atoms with van der Waals surface area (Å²) in [6.45, 7) is 1.72. The van der Waals surface area contributed by atoms with Crippen LogP contribution >= 0.6 is 11.3 Å². The lowest BCUT2D eigenvalue weighted by atomic mass is 10.0. The third-order valence-electron chi connectivity index (χ3n) is 3.88. The van der Waals surface area contributed by atoms with Gasteiger partial charge in [0.05, 0.1) is 6.61 Å². The van der Waals surface area contributed by atoms with Crippen molar-refractivity contribution in [2.24, 2.45) is 0 Å². The molecule has 3 heteroatoms. The van der Waals surface area contributed by atoms with Crippen LogP contribution in [0.4, 0.5) is 0 Å². The van der Waals surface area contributed by atoms with Crippen LogP contribution in [0.25, 0.3) is 10.8 Å². The van der Waals surface area contributed by atoms with Crippen LogP contribution in [0.3, 0.4) is 0 Å². The van der Waals surface area contributed by atoms with Crippen molar-refractivity contribution >= 4 is 22.1 Å². The predicted molar refractivity (Wildman–Crippen MR) is 95.0 cm³/mol. The van der Waals surface area contributed by atoms with Crippen molar-refractivity contribution in [1.82, 2.24) is 5.32 Å². The van der Waals surface area contributed by atoms with Crippen LogP contribution in [-0.2, 0) is 0 Å². The molecule has 2 aromatic carbocycles. The molecule has 0 amide bonds. The number of benzene rings is 2. The van der Waals surface area contributed by atoms with E-state index in [2.05, 4.69) is 65.3 Å². The second kappa shape index (κ2) is 7.43. The van der Waals surface area contributed by atoms with Gasteiger partial charge < -0.3 is 10.1 Å². The molecule has 1 heterocycles. The summed E-state index contributed by atoms with van der Waals surface area (Å²) in [4.78, 5) is 1.40. The molecule has 22 heavy (non-hydrogen) atoms. The third-order valence-corrected chi connectivity index (χ3v) is 4.91. The first-order chi connectivity index (χ1) is 10.9. The van der Waals surface area contributed by atoms with Crippen LogP contribution in [-0.4, -0.2) is 20.2 Å². The van der Waals surface area contributed by atoms with Crippen LogP contribution in [0.15, 0.2) is 60.0 Å². The molecule has 0 aliphatic carbocycles.